The lowest BCUT2D eigenvalue weighted by Gasteiger charge is -2.01. The van der Waals surface area contributed by atoms with E-state index in [1.807, 2.05) is 48.5 Å². The van der Waals surface area contributed by atoms with Crippen LogP contribution in [0.4, 0.5) is 0 Å². The molecule has 4 nitrogen and oxygen atoms in total. The number of oxazole rings is 1. The molecule has 0 aliphatic heterocycles. The first-order valence-corrected chi connectivity index (χ1v) is 6.11. The second kappa shape index (κ2) is 5.12. The molecule has 19 heavy (non-hydrogen) atoms. The monoisotopic (exact) mass is 254 g/mol. The van der Waals surface area contributed by atoms with Gasteiger partial charge in [-0.2, -0.15) is 0 Å². The van der Waals surface area contributed by atoms with E-state index < -0.39 is 0 Å². The summed E-state index contributed by atoms with van der Waals surface area (Å²) in [6.07, 6.45) is 0. The van der Waals surface area contributed by atoms with E-state index in [2.05, 4.69) is 4.98 Å². The molecule has 0 fully saturated rings. The van der Waals surface area contributed by atoms with E-state index in [1.165, 1.54) is 0 Å². The highest BCUT2D eigenvalue weighted by atomic mass is 16.5. The average molecular weight is 254 g/mol. The Morgan fingerprint density at radius 3 is 2.74 bits per heavy atom. The van der Waals surface area contributed by atoms with E-state index in [9.17, 15) is 0 Å². The first kappa shape index (κ1) is 11.7. The molecule has 3 aromatic rings. The van der Waals surface area contributed by atoms with Crippen LogP contribution in [0.5, 0.6) is 5.75 Å². The molecule has 1 aromatic heterocycles. The van der Waals surface area contributed by atoms with Crippen molar-refractivity contribution in [2.75, 3.05) is 0 Å². The summed E-state index contributed by atoms with van der Waals surface area (Å²) in [4.78, 5) is 4.37. The van der Waals surface area contributed by atoms with Crippen LogP contribution in [0, 0.1) is 0 Å². The fourth-order valence-corrected chi connectivity index (χ4v) is 1.87. The van der Waals surface area contributed by atoms with Gasteiger partial charge in [0.15, 0.2) is 12.2 Å². The first-order valence-electron chi connectivity index (χ1n) is 6.11. The van der Waals surface area contributed by atoms with Gasteiger partial charge in [-0.25, -0.2) is 4.98 Å². The fourth-order valence-electron chi connectivity index (χ4n) is 1.87. The summed E-state index contributed by atoms with van der Waals surface area (Å²) >= 11 is 0. The topological polar surface area (TPSA) is 61.3 Å². The third-order valence-corrected chi connectivity index (χ3v) is 2.84. The minimum Gasteiger partial charge on any atom is -0.484 e. The van der Waals surface area contributed by atoms with Crippen molar-refractivity contribution in [3.63, 3.8) is 0 Å². The summed E-state index contributed by atoms with van der Waals surface area (Å²) in [6, 6.07) is 15.4. The Balaban J connectivity index is 1.78. The molecule has 0 atom stereocenters. The lowest BCUT2D eigenvalue weighted by Crippen LogP contribution is -1.94. The van der Waals surface area contributed by atoms with Crippen molar-refractivity contribution in [3.05, 3.63) is 60.0 Å². The van der Waals surface area contributed by atoms with Crippen LogP contribution in [0.2, 0.25) is 0 Å². The van der Waals surface area contributed by atoms with Crippen molar-refractivity contribution >= 4 is 11.1 Å². The second-order valence-electron chi connectivity index (χ2n) is 4.22. The van der Waals surface area contributed by atoms with E-state index in [0.717, 1.165) is 22.4 Å². The first-order chi connectivity index (χ1) is 9.35. The molecule has 0 amide bonds. The number of nitrogens with two attached hydrogens (primary N) is 1. The quantitative estimate of drug-likeness (QED) is 0.777. The number of aromatic nitrogens is 1. The average Bonchev–Trinajstić information content (AvgIpc) is 2.88. The van der Waals surface area contributed by atoms with E-state index in [-0.39, 0.29) is 0 Å². The van der Waals surface area contributed by atoms with Gasteiger partial charge >= 0.3 is 0 Å². The number of hydrogen-bond donors (Lipinski definition) is 1. The SMILES string of the molecule is NCc1ccc2nc(COc3ccccc3)oc2c1. The Morgan fingerprint density at radius 2 is 1.95 bits per heavy atom. The van der Waals surface area contributed by atoms with Crippen molar-refractivity contribution in [1.29, 1.82) is 0 Å². The van der Waals surface area contributed by atoms with Crippen molar-refractivity contribution in [3.8, 4) is 5.75 Å². The molecular weight excluding hydrogens is 240 g/mol. The van der Waals surface area contributed by atoms with Gasteiger partial charge in [-0.15, -0.1) is 0 Å². The third-order valence-electron chi connectivity index (χ3n) is 2.84. The number of para-hydroxylation sites is 1. The molecule has 3 rings (SSSR count). The number of benzene rings is 2. The molecular formula is C15H14N2O2. The maximum atomic E-state index is 5.64. The predicted molar refractivity (Wildman–Crippen MR) is 72.7 cm³/mol. The number of rotatable bonds is 4. The molecule has 0 bridgehead atoms. The highest BCUT2D eigenvalue weighted by Crippen LogP contribution is 2.18. The van der Waals surface area contributed by atoms with E-state index >= 15 is 0 Å². The number of hydrogen-bond acceptors (Lipinski definition) is 4. The van der Waals surface area contributed by atoms with Crippen LogP contribution < -0.4 is 10.5 Å². The van der Waals surface area contributed by atoms with Crippen molar-refractivity contribution in [1.82, 2.24) is 4.98 Å². The maximum Gasteiger partial charge on any atom is 0.233 e. The lowest BCUT2D eigenvalue weighted by molar-refractivity contribution is 0.267. The van der Waals surface area contributed by atoms with Crippen LogP contribution in [-0.4, -0.2) is 4.98 Å². The predicted octanol–water partition coefficient (Wildman–Crippen LogP) is 2.87. The van der Waals surface area contributed by atoms with E-state index in [1.54, 1.807) is 0 Å². The van der Waals surface area contributed by atoms with Crippen molar-refractivity contribution < 1.29 is 9.15 Å². The minimum absolute atomic E-state index is 0.316. The van der Waals surface area contributed by atoms with Crippen LogP contribution in [0.1, 0.15) is 11.5 Å². The van der Waals surface area contributed by atoms with Crippen LogP contribution in [0.25, 0.3) is 11.1 Å². The number of fused-ring (bicyclic) bond motifs is 1. The van der Waals surface area contributed by atoms with Crippen LogP contribution in [0.3, 0.4) is 0 Å². The molecule has 0 aliphatic carbocycles. The molecule has 0 saturated carbocycles. The largest absolute Gasteiger partial charge is 0.484 e. The van der Waals surface area contributed by atoms with Crippen LogP contribution in [0.15, 0.2) is 52.9 Å². The van der Waals surface area contributed by atoms with Gasteiger partial charge < -0.3 is 14.9 Å². The van der Waals surface area contributed by atoms with Gasteiger partial charge in [0.1, 0.15) is 11.3 Å². The summed E-state index contributed by atoms with van der Waals surface area (Å²) in [5, 5.41) is 0. The van der Waals surface area contributed by atoms with Crippen molar-refractivity contribution in [2.45, 2.75) is 13.2 Å². The highest BCUT2D eigenvalue weighted by molar-refractivity contribution is 5.73. The molecule has 0 saturated heterocycles. The summed E-state index contributed by atoms with van der Waals surface area (Å²) in [5.74, 6) is 1.36. The second-order valence-corrected chi connectivity index (χ2v) is 4.22. The highest BCUT2D eigenvalue weighted by Gasteiger charge is 2.06. The molecule has 0 spiro atoms. The van der Waals surface area contributed by atoms with Gasteiger partial charge in [0.05, 0.1) is 0 Å². The molecule has 0 aliphatic rings. The summed E-state index contributed by atoms with van der Waals surface area (Å²) in [7, 11) is 0. The fraction of sp³-hybridized carbons (Fsp3) is 0.133. The number of ether oxygens (including phenoxy) is 1. The number of nitrogens with zero attached hydrogens (tertiary/aromatic N) is 1. The zero-order valence-corrected chi connectivity index (χ0v) is 10.4. The zero-order chi connectivity index (χ0) is 13.1. The van der Waals surface area contributed by atoms with Gasteiger partial charge in [0, 0.05) is 6.54 Å². The smallest absolute Gasteiger partial charge is 0.233 e. The molecule has 2 aromatic carbocycles. The summed E-state index contributed by atoms with van der Waals surface area (Å²) < 4.78 is 11.2. The Kier molecular flexibility index (Phi) is 3.16. The Bertz CT molecular complexity index is 677. The molecule has 4 heteroatoms. The molecule has 1 heterocycles. The minimum atomic E-state index is 0.316. The molecule has 0 radical (unpaired) electrons. The Hall–Kier alpha value is -2.33. The van der Waals surface area contributed by atoms with E-state index in [0.29, 0.717) is 19.0 Å². The Morgan fingerprint density at radius 1 is 1.11 bits per heavy atom. The zero-order valence-electron chi connectivity index (χ0n) is 10.4. The molecule has 96 valence electrons. The van der Waals surface area contributed by atoms with Crippen LogP contribution >= 0.6 is 0 Å². The molecule has 2 N–H and O–H groups in total. The van der Waals surface area contributed by atoms with Gasteiger partial charge in [-0.3, -0.25) is 0 Å². The summed E-state index contributed by atoms with van der Waals surface area (Å²) in [5.41, 5.74) is 8.19. The van der Waals surface area contributed by atoms with Crippen LogP contribution in [-0.2, 0) is 13.2 Å². The maximum absolute atomic E-state index is 5.64. The normalized spacial score (nSPS) is 10.8. The third kappa shape index (κ3) is 2.58. The van der Waals surface area contributed by atoms with Gasteiger partial charge in [-0.05, 0) is 29.8 Å². The van der Waals surface area contributed by atoms with Gasteiger partial charge in [0.25, 0.3) is 0 Å². The lowest BCUT2D eigenvalue weighted by atomic mass is 10.2. The van der Waals surface area contributed by atoms with E-state index in [4.69, 9.17) is 14.9 Å². The van der Waals surface area contributed by atoms with Crippen molar-refractivity contribution in [2.24, 2.45) is 5.73 Å². The van der Waals surface area contributed by atoms with Gasteiger partial charge in [0.2, 0.25) is 5.89 Å². The van der Waals surface area contributed by atoms with Gasteiger partial charge in [-0.1, -0.05) is 24.3 Å². The molecule has 0 unspecified atom stereocenters. The summed E-state index contributed by atoms with van der Waals surface area (Å²) in [6.45, 7) is 0.809. The standard InChI is InChI=1S/C15H14N2O2/c16-9-11-6-7-13-14(8-11)19-15(17-13)10-18-12-4-2-1-3-5-12/h1-8H,9-10,16H2. The Labute approximate surface area is 110 Å².